The first kappa shape index (κ1) is 14.1. The molecule has 0 unspecified atom stereocenters. The average Bonchev–Trinajstić information content (AvgIpc) is 2.65. The SMILES string of the molecule is CC(=O)Nc1ccccc1Oc1c(CO)c(C)nn1C. The molecular weight excluding hydrogens is 258 g/mol. The zero-order valence-corrected chi connectivity index (χ0v) is 11.7. The van der Waals surface area contributed by atoms with Crippen LogP contribution in [0.3, 0.4) is 0 Å². The molecule has 6 heteroatoms. The van der Waals surface area contributed by atoms with Gasteiger partial charge in [-0.3, -0.25) is 4.79 Å². The van der Waals surface area contributed by atoms with Gasteiger partial charge in [0.05, 0.1) is 23.6 Å². The van der Waals surface area contributed by atoms with Gasteiger partial charge in [-0.25, -0.2) is 4.68 Å². The molecule has 2 N–H and O–H groups in total. The zero-order valence-electron chi connectivity index (χ0n) is 11.7. The maximum atomic E-state index is 11.2. The number of amides is 1. The molecule has 0 fully saturated rings. The molecule has 0 saturated carbocycles. The van der Waals surface area contributed by atoms with Crippen LogP contribution < -0.4 is 10.1 Å². The summed E-state index contributed by atoms with van der Waals surface area (Å²) in [6.45, 7) is 3.08. The number of aromatic nitrogens is 2. The fraction of sp³-hybridized carbons (Fsp3) is 0.286. The van der Waals surface area contributed by atoms with Crippen molar-refractivity contribution in [3.05, 3.63) is 35.5 Å². The number of carbonyl (C=O) groups excluding carboxylic acids is 1. The van der Waals surface area contributed by atoms with E-state index in [1.165, 1.54) is 6.92 Å². The third kappa shape index (κ3) is 2.80. The highest BCUT2D eigenvalue weighted by molar-refractivity contribution is 5.90. The van der Waals surface area contributed by atoms with Gasteiger partial charge in [-0.1, -0.05) is 12.1 Å². The lowest BCUT2D eigenvalue weighted by molar-refractivity contribution is -0.114. The summed E-state index contributed by atoms with van der Waals surface area (Å²) in [5.74, 6) is 0.785. The lowest BCUT2D eigenvalue weighted by Crippen LogP contribution is -2.07. The van der Waals surface area contributed by atoms with Crippen molar-refractivity contribution in [2.45, 2.75) is 20.5 Å². The molecule has 0 spiro atoms. The maximum absolute atomic E-state index is 11.2. The third-order valence-corrected chi connectivity index (χ3v) is 2.85. The molecule has 1 aromatic carbocycles. The van der Waals surface area contributed by atoms with Crippen LogP contribution in [0, 0.1) is 6.92 Å². The third-order valence-electron chi connectivity index (χ3n) is 2.85. The Morgan fingerprint density at radius 3 is 2.80 bits per heavy atom. The first-order valence-electron chi connectivity index (χ1n) is 6.20. The number of para-hydroxylation sites is 2. The van der Waals surface area contributed by atoms with Crippen molar-refractivity contribution in [3.8, 4) is 11.6 Å². The Morgan fingerprint density at radius 2 is 2.15 bits per heavy atom. The highest BCUT2D eigenvalue weighted by Crippen LogP contribution is 2.32. The number of nitrogens with zero attached hydrogens (tertiary/aromatic N) is 2. The van der Waals surface area contributed by atoms with Gasteiger partial charge in [-0.15, -0.1) is 0 Å². The number of benzene rings is 1. The van der Waals surface area contributed by atoms with Crippen LogP contribution in [0.5, 0.6) is 11.6 Å². The number of anilines is 1. The molecule has 2 aromatic rings. The standard InChI is InChI=1S/C14H17N3O3/c1-9-11(8-18)14(17(3)16-9)20-13-7-5-4-6-12(13)15-10(2)19/h4-7,18H,8H2,1-3H3,(H,15,19). The van der Waals surface area contributed by atoms with Gasteiger partial charge < -0.3 is 15.2 Å². The molecule has 1 amide bonds. The van der Waals surface area contributed by atoms with Gasteiger partial charge >= 0.3 is 0 Å². The Kier molecular flexibility index (Phi) is 4.05. The summed E-state index contributed by atoms with van der Waals surface area (Å²) in [5, 5.41) is 16.3. The van der Waals surface area contributed by atoms with Crippen molar-refractivity contribution in [3.63, 3.8) is 0 Å². The summed E-state index contributed by atoms with van der Waals surface area (Å²) in [6.07, 6.45) is 0. The molecule has 2 rings (SSSR count). The van der Waals surface area contributed by atoms with E-state index in [0.717, 1.165) is 0 Å². The van der Waals surface area contributed by atoms with E-state index in [9.17, 15) is 9.90 Å². The van der Waals surface area contributed by atoms with Crippen LogP contribution >= 0.6 is 0 Å². The van der Waals surface area contributed by atoms with Crippen LogP contribution in [0.4, 0.5) is 5.69 Å². The van der Waals surface area contributed by atoms with E-state index in [2.05, 4.69) is 10.4 Å². The van der Waals surface area contributed by atoms with E-state index in [1.54, 1.807) is 36.9 Å². The Bertz CT molecular complexity index is 635. The Labute approximate surface area is 117 Å². The van der Waals surface area contributed by atoms with Gasteiger partial charge in [0, 0.05) is 14.0 Å². The van der Waals surface area contributed by atoms with Gasteiger partial charge in [0.25, 0.3) is 0 Å². The fourth-order valence-corrected chi connectivity index (χ4v) is 1.94. The molecule has 106 valence electrons. The first-order valence-corrected chi connectivity index (χ1v) is 6.20. The van der Waals surface area contributed by atoms with E-state index in [-0.39, 0.29) is 12.5 Å². The van der Waals surface area contributed by atoms with Crippen molar-refractivity contribution in [1.82, 2.24) is 9.78 Å². The number of ether oxygens (including phenoxy) is 1. The van der Waals surface area contributed by atoms with Crippen molar-refractivity contribution < 1.29 is 14.6 Å². The zero-order chi connectivity index (χ0) is 14.7. The minimum atomic E-state index is -0.176. The normalized spacial score (nSPS) is 10.4. The molecule has 1 heterocycles. The molecular formula is C14H17N3O3. The first-order chi connectivity index (χ1) is 9.52. The maximum Gasteiger partial charge on any atom is 0.223 e. The van der Waals surface area contributed by atoms with Crippen LogP contribution in [0.2, 0.25) is 0 Å². The van der Waals surface area contributed by atoms with Crippen LogP contribution in [0.15, 0.2) is 24.3 Å². The highest BCUT2D eigenvalue weighted by atomic mass is 16.5. The molecule has 0 radical (unpaired) electrons. The van der Waals surface area contributed by atoms with Gasteiger partial charge in [0.1, 0.15) is 0 Å². The highest BCUT2D eigenvalue weighted by Gasteiger charge is 2.16. The summed E-state index contributed by atoms with van der Waals surface area (Å²) < 4.78 is 7.37. The predicted molar refractivity (Wildman–Crippen MR) is 74.7 cm³/mol. The minimum absolute atomic E-state index is 0.155. The van der Waals surface area contributed by atoms with Crippen molar-refractivity contribution >= 4 is 11.6 Å². The lowest BCUT2D eigenvalue weighted by Gasteiger charge is -2.12. The number of rotatable bonds is 4. The molecule has 0 aliphatic heterocycles. The smallest absolute Gasteiger partial charge is 0.223 e. The van der Waals surface area contributed by atoms with E-state index < -0.39 is 0 Å². The summed E-state index contributed by atoms with van der Waals surface area (Å²) >= 11 is 0. The molecule has 1 aromatic heterocycles. The number of aliphatic hydroxyl groups is 1. The Hall–Kier alpha value is -2.34. The number of carbonyl (C=O) groups is 1. The largest absolute Gasteiger partial charge is 0.437 e. The fourth-order valence-electron chi connectivity index (χ4n) is 1.94. The molecule has 0 aliphatic carbocycles. The number of aliphatic hydroxyl groups excluding tert-OH is 1. The average molecular weight is 275 g/mol. The summed E-state index contributed by atoms with van der Waals surface area (Å²) in [4.78, 5) is 11.2. The molecule has 0 aliphatic rings. The van der Waals surface area contributed by atoms with E-state index in [4.69, 9.17) is 4.74 Å². The quantitative estimate of drug-likeness (QED) is 0.894. The van der Waals surface area contributed by atoms with E-state index in [1.807, 2.05) is 6.07 Å². The molecule has 0 bridgehead atoms. The lowest BCUT2D eigenvalue weighted by atomic mass is 10.2. The van der Waals surface area contributed by atoms with Gasteiger partial charge in [-0.2, -0.15) is 5.10 Å². The Balaban J connectivity index is 2.37. The number of hydrogen-bond donors (Lipinski definition) is 2. The summed E-state index contributed by atoms with van der Waals surface area (Å²) in [6, 6.07) is 7.11. The number of hydrogen-bond acceptors (Lipinski definition) is 4. The van der Waals surface area contributed by atoms with Crippen LogP contribution in [-0.2, 0) is 18.4 Å². The van der Waals surface area contributed by atoms with Crippen molar-refractivity contribution in [2.75, 3.05) is 5.32 Å². The molecule has 20 heavy (non-hydrogen) atoms. The van der Waals surface area contributed by atoms with Gasteiger partial charge in [0.2, 0.25) is 11.8 Å². The minimum Gasteiger partial charge on any atom is -0.437 e. The van der Waals surface area contributed by atoms with Crippen LogP contribution in [-0.4, -0.2) is 20.8 Å². The van der Waals surface area contributed by atoms with E-state index in [0.29, 0.717) is 28.6 Å². The van der Waals surface area contributed by atoms with Gasteiger partial charge in [-0.05, 0) is 19.1 Å². The summed E-state index contributed by atoms with van der Waals surface area (Å²) in [5.41, 5.74) is 1.91. The van der Waals surface area contributed by atoms with Crippen LogP contribution in [0.25, 0.3) is 0 Å². The number of nitrogens with one attached hydrogen (secondary N) is 1. The second kappa shape index (κ2) is 5.75. The van der Waals surface area contributed by atoms with Crippen LogP contribution in [0.1, 0.15) is 18.2 Å². The van der Waals surface area contributed by atoms with E-state index >= 15 is 0 Å². The second-order valence-corrected chi connectivity index (χ2v) is 4.43. The number of aryl methyl sites for hydroxylation is 2. The Morgan fingerprint density at radius 1 is 1.45 bits per heavy atom. The monoisotopic (exact) mass is 275 g/mol. The second-order valence-electron chi connectivity index (χ2n) is 4.43. The van der Waals surface area contributed by atoms with Crippen molar-refractivity contribution in [2.24, 2.45) is 7.05 Å². The topological polar surface area (TPSA) is 76.4 Å². The summed E-state index contributed by atoms with van der Waals surface area (Å²) in [7, 11) is 1.74. The predicted octanol–water partition coefficient (Wildman–Crippen LogP) is 1.97. The van der Waals surface area contributed by atoms with Gasteiger partial charge in [0.15, 0.2) is 5.75 Å². The molecule has 6 nitrogen and oxygen atoms in total. The molecule has 0 saturated heterocycles. The van der Waals surface area contributed by atoms with Crippen molar-refractivity contribution in [1.29, 1.82) is 0 Å². The molecule has 0 atom stereocenters.